The number of carboxylic acids is 1. The maximum absolute atomic E-state index is 10.8. The quantitative estimate of drug-likeness (QED) is 0.920. The lowest BCUT2D eigenvalue weighted by Crippen LogP contribution is -2.21. The summed E-state index contributed by atoms with van der Waals surface area (Å²) in [5, 5.41) is 11.7. The van der Waals surface area contributed by atoms with E-state index < -0.39 is 11.4 Å². The standard InChI is InChI=1S/C13H14N2O2S/c1-13(2,6-11(16)17)12-15-10(8-18-12)9-4-3-5-14-7-9/h3-5,7-8H,6H2,1-2H3,(H,16,17). The van der Waals surface area contributed by atoms with Crippen LogP contribution in [-0.2, 0) is 10.2 Å². The molecule has 1 N–H and O–H groups in total. The van der Waals surface area contributed by atoms with E-state index in [9.17, 15) is 4.79 Å². The Morgan fingerprint density at radius 3 is 2.89 bits per heavy atom. The van der Waals surface area contributed by atoms with Crippen molar-refractivity contribution in [1.29, 1.82) is 0 Å². The molecule has 0 radical (unpaired) electrons. The average molecular weight is 262 g/mol. The molecule has 0 bridgehead atoms. The van der Waals surface area contributed by atoms with E-state index in [0.29, 0.717) is 0 Å². The van der Waals surface area contributed by atoms with Crippen molar-refractivity contribution >= 4 is 17.3 Å². The fraction of sp³-hybridized carbons (Fsp3) is 0.308. The predicted molar refractivity (Wildman–Crippen MR) is 70.6 cm³/mol. The van der Waals surface area contributed by atoms with Gasteiger partial charge in [-0.1, -0.05) is 13.8 Å². The molecule has 0 spiro atoms. The van der Waals surface area contributed by atoms with Crippen LogP contribution in [0.1, 0.15) is 25.3 Å². The van der Waals surface area contributed by atoms with E-state index in [1.54, 1.807) is 12.4 Å². The van der Waals surface area contributed by atoms with Crippen molar-refractivity contribution in [3.8, 4) is 11.3 Å². The first-order valence-electron chi connectivity index (χ1n) is 5.57. The maximum Gasteiger partial charge on any atom is 0.304 e. The van der Waals surface area contributed by atoms with E-state index in [0.717, 1.165) is 16.3 Å². The zero-order valence-electron chi connectivity index (χ0n) is 10.3. The summed E-state index contributed by atoms with van der Waals surface area (Å²) in [6.45, 7) is 3.79. The van der Waals surface area contributed by atoms with Crippen LogP contribution in [0.15, 0.2) is 29.9 Å². The molecule has 0 saturated carbocycles. The van der Waals surface area contributed by atoms with Crippen LogP contribution in [0.25, 0.3) is 11.3 Å². The number of carboxylic acid groups (broad SMARTS) is 1. The highest BCUT2D eigenvalue weighted by atomic mass is 32.1. The zero-order valence-corrected chi connectivity index (χ0v) is 11.1. The number of nitrogens with zero attached hydrogens (tertiary/aromatic N) is 2. The van der Waals surface area contributed by atoms with E-state index in [4.69, 9.17) is 5.11 Å². The van der Waals surface area contributed by atoms with E-state index in [1.165, 1.54) is 11.3 Å². The molecule has 0 aliphatic rings. The molecule has 2 aromatic rings. The number of aliphatic carboxylic acids is 1. The van der Waals surface area contributed by atoms with Crippen LogP contribution in [0.5, 0.6) is 0 Å². The molecule has 2 rings (SSSR count). The van der Waals surface area contributed by atoms with E-state index in [1.807, 2.05) is 31.4 Å². The Morgan fingerprint density at radius 2 is 2.28 bits per heavy atom. The topological polar surface area (TPSA) is 63.1 Å². The minimum atomic E-state index is -0.807. The number of aromatic nitrogens is 2. The Hall–Kier alpha value is -1.75. The molecule has 0 saturated heterocycles. The van der Waals surface area contributed by atoms with Gasteiger partial charge < -0.3 is 5.11 Å². The van der Waals surface area contributed by atoms with Gasteiger partial charge in [-0.15, -0.1) is 11.3 Å². The van der Waals surface area contributed by atoms with Gasteiger partial charge in [-0.05, 0) is 12.1 Å². The Bertz CT molecular complexity index is 549. The van der Waals surface area contributed by atoms with Gasteiger partial charge in [0.2, 0.25) is 0 Å². The summed E-state index contributed by atoms with van der Waals surface area (Å²) < 4.78 is 0. The van der Waals surface area contributed by atoms with E-state index in [-0.39, 0.29) is 6.42 Å². The van der Waals surface area contributed by atoms with E-state index in [2.05, 4.69) is 9.97 Å². The summed E-state index contributed by atoms with van der Waals surface area (Å²) in [6.07, 6.45) is 3.54. The summed E-state index contributed by atoms with van der Waals surface area (Å²) in [4.78, 5) is 19.4. The molecule has 4 nitrogen and oxygen atoms in total. The van der Waals surface area contributed by atoms with Gasteiger partial charge in [-0.3, -0.25) is 9.78 Å². The largest absolute Gasteiger partial charge is 0.481 e. The Labute approximate surface area is 109 Å². The van der Waals surface area contributed by atoms with Crippen LogP contribution in [0.3, 0.4) is 0 Å². The van der Waals surface area contributed by atoms with Gasteiger partial charge >= 0.3 is 5.97 Å². The molecular weight excluding hydrogens is 248 g/mol. The molecular formula is C13H14N2O2S. The number of pyridine rings is 1. The van der Waals surface area contributed by atoms with Gasteiger partial charge in [0.15, 0.2) is 0 Å². The van der Waals surface area contributed by atoms with Crippen molar-refractivity contribution in [2.45, 2.75) is 25.7 Å². The summed E-state index contributed by atoms with van der Waals surface area (Å²) in [7, 11) is 0. The molecule has 0 aliphatic heterocycles. The first-order valence-corrected chi connectivity index (χ1v) is 6.45. The fourth-order valence-corrected chi connectivity index (χ4v) is 2.64. The number of hydrogen-bond acceptors (Lipinski definition) is 4. The van der Waals surface area contributed by atoms with Gasteiger partial charge in [0, 0.05) is 28.8 Å². The first kappa shape index (κ1) is 12.7. The normalized spacial score (nSPS) is 11.4. The lowest BCUT2D eigenvalue weighted by Gasteiger charge is -2.18. The molecule has 94 valence electrons. The SMILES string of the molecule is CC(C)(CC(=O)O)c1nc(-c2cccnc2)cs1. The van der Waals surface area contributed by atoms with Crippen molar-refractivity contribution in [2.24, 2.45) is 0 Å². The molecule has 2 heterocycles. The highest BCUT2D eigenvalue weighted by Crippen LogP contribution is 2.32. The molecule has 0 amide bonds. The van der Waals surface area contributed by atoms with Crippen LogP contribution in [0, 0.1) is 0 Å². The summed E-state index contributed by atoms with van der Waals surface area (Å²) in [5.74, 6) is -0.807. The van der Waals surface area contributed by atoms with Crippen molar-refractivity contribution in [2.75, 3.05) is 0 Å². The first-order chi connectivity index (χ1) is 8.49. The second-order valence-corrected chi connectivity index (χ2v) is 5.59. The third-order valence-corrected chi connectivity index (χ3v) is 3.84. The molecule has 2 aromatic heterocycles. The molecule has 0 aromatic carbocycles. The van der Waals surface area contributed by atoms with Gasteiger partial charge in [0.25, 0.3) is 0 Å². The van der Waals surface area contributed by atoms with Crippen LogP contribution in [0.2, 0.25) is 0 Å². The van der Waals surface area contributed by atoms with Gasteiger partial charge in [-0.25, -0.2) is 4.98 Å². The average Bonchev–Trinajstić information content (AvgIpc) is 2.78. The minimum absolute atomic E-state index is 0.0764. The Morgan fingerprint density at radius 1 is 1.50 bits per heavy atom. The number of carbonyl (C=O) groups is 1. The van der Waals surface area contributed by atoms with Crippen LogP contribution >= 0.6 is 11.3 Å². The van der Waals surface area contributed by atoms with Crippen LogP contribution in [0.4, 0.5) is 0 Å². The van der Waals surface area contributed by atoms with E-state index >= 15 is 0 Å². The third-order valence-electron chi connectivity index (χ3n) is 2.63. The Kier molecular flexibility index (Phi) is 3.43. The zero-order chi connectivity index (χ0) is 13.2. The van der Waals surface area contributed by atoms with Crippen molar-refractivity contribution in [3.63, 3.8) is 0 Å². The maximum atomic E-state index is 10.8. The third kappa shape index (κ3) is 2.73. The molecule has 0 atom stereocenters. The lowest BCUT2D eigenvalue weighted by molar-refractivity contribution is -0.138. The predicted octanol–water partition coefficient (Wildman–Crippen LogP) is 2.96. The highest BCUT2D eigenvalue weighted by molar-refractivity contribution is 7.10. The van der Waals surface area contributed by atoms with Crippen molar-refractivity contribution in [3.05, 3.63) is 34.9 Å². The number of rotatable bonds is 4. The lowest BCUT2D eigenvalue weighted by atomic mass is 9.90. The molecule has 0 aliphatic carbocycles. The number of thiazole rings is 1. The minimum Gasteiger partial charge on any atom is -0.481 e. The molecule has 0 fully saturated rings. The summed E-state index contributed by atoms with van der Waals surface area (Å²) in [5.41, 5.74) is 1.35. The fourth-order valence-electron chi connectivity index (χ4n) is 1.69. The van der Waals surface area contributed by atoms with Crippen molar-refractivity contribution in [1.82, 2.24) is 9.97 Å². The van der Waals surface area contributed by atoms with Crippen molar-refractivity contribution < 1.29 is 9.90 Å². The second kappa shape index (κ2) is 4.86. The van der Waals surface area contributed by atoms with Gasteiger partial charge in [0.05, 0.1) is 17.1 Å². The summed E-state index contributed by atoms with van der Waals surface area (Å²) >= 11 is 1.49. The number of hydrogen-bond donors (Lipinski definition) is 1. The Balaban J connectivity index is 2.28. The molecule has 0 unspecified atom stereocenters. The second-order valence-electron chi connectivity index (χ2n) is 4.73. The van der Waals surface area contributed by atoms with Gasteiger partial charge in [-0.2, -0.15) is 0 Å². The monoisotopic (exact) mass is 262 g/mol. The molecule has 18 heavy (non-hydrogen) atoms. The smallest absolute Gasteiger partial charge is 0.304 e. The highest BCUT2D eigenvalue weighted by Gasteiger charge is 2.27. The molecule has 5 heteroatoms. The summed E-state index contributed by atoms with van der Waals surface area (Å²) in [6, 6.07) is 3.80. The van der Waals surface area contributed by atoms with Crippen LogP contribution in [-0.4, -0.2) is 21.0 Å². The van der Waals surface area contributed by atoms with Gasteiger partial charge in [0.1, 0.15) is 0 Å². The van der Waals surface area contributed by atoms with Crippen LogP contribution < -0.4 is 0 Å².